The van der Waals surface area contributed by atoms with Gasteiger partial charge >= 0.3 is 5.97 Å². The van der Waals surface area contributed by atoms with E-state index in [2.05, 4.69) is 15.5 Å². The average Bonchev–Trinajstić information content (AvgIpc) is 3.17. The van der Waals surface area contributed by atoms with Crippen molar-refractivity contribution < 1.29 is 27.6 Å². The number of halogens is 2. The summed E-state index contributed by atoms with van der Waals surface area (Å²) in [5.74, 6) is -2.31. The Morgan fingerprint density at radius 2 is 1.89 bits per heavy atom. The van der Waals surface area contributed by atoms with Crippen molar-refractivity contribution in [1.29, 1.82) is 0 Å². The molecule has 0 saturated carbocycles. The monoisotopic (exact) mass is 387 g/mol. The van der Waals surface area contributed by atoms with Gasteiger partial charge in [-0.15, -0.1) is 0 Å². The zero-order chi connectivity index (χ0) is 19.9. The number of aryl methyl sites for hydroxylation is 1. The molecular formula is C19H15F2N3O4. The van der Waals surface area contributed by atoms with Crippen LogP contribution in [0.2, 0.25) is 0 Å². The summed E-state index contributed by atoms with van der Waals surface area (Å²) in [7, 11) is 0. The second-order valence-electron chi connectivity index (χ2n) is 5.71. The maximum absolute atomic E-state index is 13.4. The van der Waals surface area contributed by atoms with Crippen LogP contribution in [0.15, 0.2) is 53.1 Å². The lowest BCUT2D eigenvalue weighted by molar-refractivity contribution is -0.147. The minimum atomic E-state index is -0.799. The maximum atomic E-state index is 13.4. The third-order valence-corrected chi connectivity index (χ3v) is 3.61. The predicted molar refractivity (Wildman–Crippen MR) is 94.0 cm³/mol. The van der Waals surface area contributed by atoms with E-state index in [1.165, 1.54) is 0 Å². The molecule has 144 valence electrons. The normalized spacial score (nSPS) is 10.5. The Morgan fingerprint density at radius 1 is 1.11 bits per heavy atom. The van der Waals surface area contributed by atoms with Gasteiger partial charge in [0.15, 0.2) is 6.61 Å². The second kappa shape index (κ2) is 8.85. The van der Waals surface area contributed by atoms with Crippen molar-refractivity contribution in [3.63, 3.8) is 0 Å². The summed E-state index contributed by atoms with van der Waals surface area (Å²) < 4.78 is 36.4. The van der Waals surface area contributed by atoms with Gasteiger partial charge in [0.05, 0.1) is 12.1 Å². The molecule has 3 aromatic rings. The van der Waals surface area contributed by atoms with Crippen molar-refractivity contribution in [2.75, 3.05) is 11.9 Å². The Morgan fingerprint density at radius 3 is 2.68 bits per heavy atom. The number of carbonyl (C=O) groups excluding carboxylic acids is 2. The van der Waals surface area contributed by atoms with Crippen molar-refractivity contribution in [3.8, 4) is 11.4 Å². The van der Waals surface area contributed by atoms with E-state index in [-0.39, 0.29) is 24.4 Å². The molecular weight excluding hydrogens is 372 g/mol. The number of anilines is 1. The minimum absolute atomic E-state index is 0.0853. The van der Waals surface area contributed by atoms with Crippen LogP contribution in [0, 0.1) is 11.6 Å². The van der Waals surface area contributed by atoms with E-state index < -0.39 is 30.1 Å². The fourth-order valence-electron chi connectivity index (χ4n) is 2.27. The molecule has 7 nitrogen and oxygen atoms in total. The highest BCUT2D eigenvalue weighted by atomic mass is 19.1. The molecule has 0 aliphatic carbocycles. The number of carbonyl (C=O) groups is 2. The van der Waals surface area contributed by atoms with E-state index in [0.717, 1.165) is 23.8 Å². The van der Waals surface area contributed by atoms with Crippen LogP contribution in [-0.2, 0) is 20.7 Å². The number of nitrogens with zero attached hydrogens (tertiary/aromatic N) is 2. The number of amides is 1. The first-order valence-electron chi connectivity index (χ1n) is 8.30. The van der Waals surface area contributed by atoms with E-state index in [1.54, 1.807) is 0 Å². The number of rotatable bonds is 7. The first-order valence-corrected chi connectivity index (χ1v) is 8.30. The molecule has 0 aliphatic rings. The lowest BCUT2D eigenvalue weighted by Crippen LogP contribution is -2.21. The molecule has 1 heterocycles. The molecule has 0 saturated heterocycles. The second-order valence-corrected chi connectivity index (χ2v) is 5.71. The largest absolute Gasteiger partial charge is 0.456 e. The third-order valence-electron chi connectivity index (χ3n) is 3.61. The summed E-state index contributed by atoms with van der Waals surface area (Å²) in [6, 6.07) is 11.8. The van der Waals surface area contributed by atoms with E-state index in [1.807, 2.05) is 30.3 Å². The molecule has 9 heteroatoms. The average molecular weight is 387 g/mol. The Hall–Kier alpha value is -3.62. The first kappa shape index (κ1) is 19.2. The summed E-state index contributed by atoms with van der Waals surface area (Å²) in [4.78, 5) is 27.6. The predicted octanol–water partition coefficient (Wildman–Crippen LogP) is 3.13. The van der Waals surface area contributed by atoms with Gasteiger partial charge in [0.2, 0.25) is 11.7 Å². The highest BCUT2D eigenvalue weighted by Gasteiger charge is 2.14. The van der Waals surface area contributed by atoms with Crippen molar-refractivity contribution in [1.82, 2.24) is 10.1 Å². The maximum Gasteiger partial charge on any atom is 0.306 e. The summed E-state index contributed by atoms with van der Waals surface area (Å²) in [6.45, 7) is -0.631. The smallest absolute Gasteiger partial charge is 0.306 e. The van der Waals surface area contributed by atoms with Crippen LogP contribution in [0.5, 0.6) is 0 Å². The van der Waals surface area contributed by atoms with Gasteiger partial charge in [0.1, 0.15) is 11.6 Å². The van der Waals surface area contributed by atoms with E-state index in [4.69, 9.17) is 9.26 Å². The first-order chi connectivity index (χ1) is 13.5. The molecule has 0 unspecified atom stereocenters. The number of aromatic nitrogens is 2. The quantitative estimate of drug-likeness (QED) is 0.626. The summed E-state index contributed by atoms with van der Waals surface area (Å²) in [6.07, 6.45) is 0.0524. The Balaban J connectivity index is 1.44. The number of ether oxygens (including phenoxy) is 1. The van der Waals surface area contributed by atoms with Gasteiger partial charge < -0.3 is 14.6 Å². The number of benzene rings is 2. The fourth-order valence-corrected chi connectivity index (χ4v) is 2.27. The molecule has 0 spiro atoms. The van der Waals surface area contributed by atoms with E-state index in [0.29, 0.717) is 5.82 Å². The van der Waals surface area contributed by atoms with Crippen molar-refractivity contribution in [2.45, 2.75) is 12.8 Å². The lowest BCUT2D eigenvalue weighted by atomic mass is 10.2. The number of nitrogens with one attached hydrogen (secondary N) is 1. The highest BCUT2D eigenvalue weighted by Crippen LogP contribution is 2.16. The van der Waals surface area contributed by atoms with Crippen LogP contribution in [0.4, 0.5) is 14.5 Å². The van der Waals surface area contributed by atoms with Crippen molar-refractivity contribution in [3.05, 3.63) is 66.1 Å². The zero-order valence-corrected chi connectivity index (χ0v) is 14.5. The van der Waals surface area contributed by atoms with Crippen LogP contribution in [0.1, 0.15) is 12.3 Å². The zero-order valence-electron chi connectivity index (χ0n) is 14.5. The van der Waals surface area contributed by atoms with Gasteiger partial charge in [-0.1, -0.05) is 35.5 Å². The molecule has 1 aromatic heterocycles. The van der Waals surface area contributed by atoms with E-state index >= 15 is 0 Å². The van der Waals surface area contributed by atoms with Gasteiger partial charge in [-0.2, -0.15) is 4.98 Å². The van der Waals surface area contributed by atoms with Gasteiger partial charge in [-0.25, -0.2) is 8.78 Å². The molecule has 0 radical (unpaired) electrons. The van der Waals surface area contributed by atoms with E-state index in [9.17, 15) is 18.4 Å². The van der Waals surface area contributed by atoms with Gasteiger partial charge in [-0.3, -0.25) is 9.59 Å². The summed E-state index contributed by atoms with van der Waals surface area (Å²) in [5, 5.41) is 5.96. The van der Waals surface area contributed by atoms with Gasteiger partial charge in [0, 0.05) is 18.1 Å². The highest BCUT2D eigenvalue weighted by molar-refractivity contribution is 5.92. The van der Waals surface area contributed by atoms with Crippen LogP contribution < -0.4 is 5.32 Å². The Kier molecular flexibility index (Phi) is 6.05. The SMILES string of the molecule is O=C(COC(=O)CCc1nc(-c2ccccc2)no1)Nc1cc(F)ccc1F. The van der Waals surface area contributed by atoms with Crippen molar-refractivity contribution >= 4 is 17.6 Å². The molecule has 0 fully saturated rings. The number of hydrogen-bond donors (Lipinski definition) is 1. The van der Waals surface area contributed by atoms with Crippen LogP contribution in [0.25, 0.3) is 11.4 Å². The molecule has 0 aliphatic heterocycles. The van der Waals surface area contributed by atoms with Crippen LogP contribution in [0.3, 0.4) is 0 Å². The minimum Gasteiger partial charge on any atom is -0.456 e. The summed E-state index contributed by atoms with van der Waals surface area (Å²) in [5.41, 5.74) is 0.446. The molecule has 1 amide bonds. The number of esters is 1. The van der Waals surface area contributed by atoms with Crippen LogP contribution in [-0.4, -0.2) is 28.6 Å². The molecule has 1 N–H and O–H groups in total. The molecule has 0 bridgehead atoms. The third kappa shape index (κ3) is 5.19. The molecule has 0 atom stereocenters. The fraction of sp³-hybridized carbons (Fsp3) is 0.158. The Labute approximate surface area is 158 Å². The van der Waals surface area contributed by atoms with Gasteiger partial charge in [-0.05, 0) is 12.1 Å². The Bertz CT molecular complexity index is 976. The summed E-state index contributed by atoms with van der Waals surface area (Å²) >= 11 is 0. The molecule has 28 heavy (non-hydrogen) atoms. The lowest BCUT2D eigenvalue weighted by Gasteiger charge is -2.07. The van der Waals surface area contributed by atoms with Gasteiger partial charge in [0.25, 0.3) is 5.91 Å². The molecule has 3 rings (SSSR count). The van der Waals surface area contributed by atoms with Crippen molar-refractivity contribution in [2.24, 2.45) is 0 Å². The topological polar surface area (TPSA) is 94.3 Å². The molecule has 2 aromatic carbocycles. The standard InChI is InChI=1S/C19H15F2N3O4/c20-13-6-7-14(21)15(10-13)22-16(25)11-27-18(26)9-8-17-23-19(24-28-17)12-4-2-1-3-5-12/h1-7,10H,8-9,11H2,(H,22,25). The van der Waals surface area contributed by atoms with Crippen LogP contribution >= 0.6 is 0 Å². The number of hydrogen-bond acceptors (Lipinski definition) is 6.